The first-order valence-electron chi connectivity index (χ1n) is 16.8. The molecule has 0 aliphatic carbocycles. The maximum absolute atomic E-state index is 8.04. The Morgan fingerprint density at radius 1 is 0.356 bits per heavy atom. The number of hydrogen-bond acceptors (Lipinski definition) is 3. The van der Waals surface area contributed by atoms with Gasteiger partial charge in [-0.15, -0.1) is 33.2 Å². The third-order valence-corrected chi connectivity index (χ3v) is 25.8. The second-order valence-corrected chi connectivity index (χ2v) is 24.9. The van der Waals surface area contributed by atoms with E-state index in [4.69, 9.17) is 33.2 Å². The van der Waals surface area contributed by atoms with Crippen LogP contribution >= 0.6 is 33.2 Å². The molecule has 0 atom stereocenters. The molecule has 3 aromatic rings. The van der Waals surface area contributed by atoms with E-state index in [0.717, 1.165) is 0 Å². The minimum atomic E-state index is -2.46. The minimum absolute atomic E-state index is 0.325. The van der Waals surface area contributed by atoms with Gasteiger partial charge in [-0.1, -0.05) is 138 Å². The van der Waals surface area contributed by atoms with Gasteiger partial charge in [0.15, 0.2) is 0 Å². The summed E-state index contributed by atoms with van der Waals surface area (Å²) in [4.78, 5) is 0. The van der Waals surface area contributed by atoms with Gasteiger partial charge in [-0.05, 0) is 68.9 Å². The van der Waals surface area contributed by atoms with Crippen LogP contribution in [0.25, 0.3) is 0 Å². The van der Waals surface area contributed by atoms with E-state index >= 15 is 0 Å². The average molecular weight is 719 g/mol. The Hall–Kier alpha value is -1.42. The van der Waals surface area contributed by atoms with Crippen molar-refractivity contribution in [3.63, 3.8) is 0 Å². The molecule has 3 nitrogen and oxygen atoms in total. The third kappa shape index (κ3) is 6.93. The standard InChI is InChI=1S/C36H54Cl3N3Si3/c1-22(2)28-16-13-17-29(23(3)4)34(28)40-43(37)41(35-30(24(5)6)18-14-19-31(35)25(7)8)45(39)42(44(40)38)36-32(26(9)10)20-15-21-33(36)27(11)12/h13-27,43-45H,1-12H3. The molecule has 1 heterocycles. The summed E-state index contributed by atoms with van der Waals surface area (Å²) in [6, 6.07) is 20.3. The Bertz CT molecular complexity index is 1210. The van der Waals surface area contributed by atoms with Gasteiger partial charge in [0, 0.05) is 17.1 Å². The van der Waals surface area contributed by atoms with Crippen LogP contribution in [0.1, 0.15) is 152 Å². The molecule has 0 saturated carbocycles. The molecule has 4 rings (SSSR count). The summed E-state index contributed by atoms with van der Waals surface area (Å²) in [6.07, 6.45) is 0. The van der Waals surface area contributed by atoms with Crippen LogP contribution in [0.4, 0.5) is 17.1 Å². The molecular formula is C36H54Cl3N3Si3. The van der Waals surface area contributed by atoms with Crippen molar-refractivity contribution in [3.05, 3.63) is 88.0 Å². The fraction of sp³-hybridized carbons (Fsp3) is 0.500. The number of nitrogens with zero attached hydrogens (tertiary/aromatic N) is 3. The van der Waals surface area contributed by atoms with Crippen molar-refractivity contribution < 1.29 is 0 Å². The quantitative estimate of drug-likeness (QED) is 0.161. The summed E-state index contributed by atoms with van der Waals surface area (Å²) in [7, 11) is -7.37. The number of benzene rings is 3. The van der Waals surface area contributed by atoms with Crippen molar-refractivity contribution in [3.8, 4) is 0 Å². The Kier molecular flexibility index (Phi) is 12.0. The van der Waals surface area contributed by atoms with Crippen molar-refractivity contribution in [2.45, 2.75) is 119 Å². The molecule has 3 aromatic carbocycles. The van der Waals surface area contributed by atoms with E-state index < -0.39 is 25.3 Å². The number of halogens is 3. The molecule has 246 valence electrons. The van der Waals surface area contributed by atoms with Crippen LogP contribution in [0.15, 0.2) is 54.6 Å². The van der Waals surface area contributed by atoms with Gasteiger partial charge < -0.3 is 12.7 Å². The van der Waals surface area contributed by atoms with E-state index in [2.05, 4.69) is 150 Å². The molecule has 0 radical (unpaired) electrons. The van der Waals surface area contributed by atoms with E-state index in [1.165, 1.54) is 50.4 Å². The summed E-state index contributed by atoms with van der Waals surface area (Å²) >= 11 is 24.1. The SMILES string of the molecule is CC(C)c1cccc(C(C)C)c1N1[SiH](Cl)N(c2c(C(C)C)cccc2C(C)C)[SiH](Cl)N(c2c(C(C)C)cccc2C(C)C)[SiH]1Cl. The summed E-state index contributed by atoms with van der Waals surface area (Å²) in [5.74, 6) is 1.95. The minimum Gasteiger partial charge on any atom is -0.373 e. The van der Waals surface area contributed by atoms with Gasteiger partial charge >= 0.3 is 25.3 Å². The molecule has 1 fully saturated rings. The van der Waals surface area contributed by atoms with Crippen molar-refractivity contribution in [2.75, 3.05) is 12.7 Å². The van der Waals surface area contributed by atoms with E-state index in [9.17, 15) is 0 Å². The molecule has 1 saturated heterocycles. The molecule has 0 N–H and O–H groups in total. The maximum atomic E-state index is 8.04. The lowest BCUT2D eigenvalue weighted by Gasteiger charge is -2.55. The van der Waals surface area contributed by atoms with Crippen LogP contribution < -0.4 is 12.7 Å². The molecule has 1 aliphatic rings. The van der Waals surface area contributed by atoms with Crippen LogP contribution in [0, 0.1) is 0 Å². The number of para-hydroxylation sites is 3. The molecule has 1 aliphatic heterocycles. The predicted octanol–water partition coefficient (Wildman–Crippen LogP) is 11.1. The lowest BCUT2D eigenvalue weighted by molar-refractivity contribution is 0.829. The molecule has 0 spiro atoms. The van der Waals surface area contributed by atoms with Gasteiger partial charge in [0.1, 0.15) is 0 Å². The largest absolute Gasteiger partial charge is 0.373 e. The first-order chi connectivity index (χ1) is 21.1. The zero-order valence-electron chi connectivity index (χ0n) is 29.4. The lowest BCUT2D eigenvalue weighted by atomic mass is 9.93. The molecule has 0 bridgehead atoms. The van der Waals surface area contributed by atoms with Gasteiger partial charge in [-0.3, -0.25) is 0 Å². The summed E-state index contributed by atoms with van der Waals surface area (Å²) in [5, 5.41) is 0. The Morgan fingerprint density at radius 3 is 0.644 bits per heavy atom. The zero-order valence-corrected chi connectivity index (χ0v) is 35.1. The fourth-order valence-corrected chi connectivity index (χ4v) is 26.1. The molecule has 0 aromatic heterocycles. The predicted molar refractivity (Wildman–Crippen MR) is 210 cm³/mol. The van der Waals surface area contributed by atoms with E-state index in [-0.39, 0.29) is 0 Å². The van der Waals surface area contributed by atoms with E-state index in [1.54, 1.807) is 0 Å². The highest BCUT2D eigenvalue weighted by atomic mass is 35.6. The molecule has 0 unspecified atom stereocenters. The van der Waals surface area contributed by atoms with Gasteiger partial charge in [0.05, 0.1) is 0 Å². The van der Waals surface area contributed by atoms with Crippen molar-refractivity contribution in [1.82, 2.24) is 0 Å². The van der Waals surface area contributed by atoms with Crippen LogP contribution in [0.3, 0.4) is 0 Å². The molecule has 9 heteroatoms. The Balaban J connectivity index is 2.16. The second kappa shape index (κ2) is 14.8. The lowest BCUT2D eigenvalue weighted by Crippen LogP contribution is -2.75. The third-order valence-electron chi connectivity index (χ3n) is 9.18. The van der Waals surface area contributed by atoms with Gasteiger partial charge in [0.2, 0.25) is 0 Å². The van der Waals surface area contributed by atoms with Crippen molar-refractivity contribution in [1.29, 1.82) is 0 Å². The highest BCUT2D eigenvalue weighted by Crippen LogP contribution is 2.47. The summed E-state index contributed by atoms with van der Waals surface area (Å²) in [6.45, 7) is 27.4. The first kappa shape index (κ1) is 36.4. The summed E-state index contributed by atoms with van der Waals surface area (Å²) in [5.41, 5.74) is 11.6. The molecule has 45 heavy (non-hydrogen) atoms. The first-order valence-corrected chi connectivity index (χ1v) is 25.1. The zero-order chi connectivity index (χ0) is 33.5. The topological polar surface area (TPSA) is 9.72 Å². The van der Waals surface area contributed by atoms with Crippen molar-refractivity contribution in [2.24, 2.45) is 0 Å². The van der Waals surface area contributed by atoms with Gasteiger partial charge in [-0.2, -0.15) is 0 Å². The Labute approximate surface area is 293 Å². The second-order valence-electron chi connectivity index (χ2n) is 14.4. The van der Waals surface area contributed by atoms with Crippen LogP contribution in [-0.2, 0) is 0 Å². The highest BCUT2D eigenvalue weighted by molar-refractivity contribution is 7.37. The Morgan fingerprint density at radius 2 is 0.511 bits per heavy atom. The average Bonchev–Trinajstić information content (AvgIpc) is 2.96. The normalized spacial score (nSPS) is 19.4. The highest BCUT2D eigenvalue weighted by Gasteiger charge is 2.51. The van der Waals surface area contributed by atoms with Gasteiger partial charge in [0.25, 0.3) is 0 Å². The molecular weight excluding hydrogens is 665 g/mol. The van der Waals surface area contributed by atoms with Crippen molar-refractivity contribution >= 4 is 75.6 Å². The smallest absolute Gasteiger partial charge is 0.337 e. The number of hydrogen-bond donors (Lipinski definition) is 0. The van der Waals surface area contributed by atoms with Crippen LogP contribution in [-0.4, -0.2) is 25.3 Å². The monoisotopic (exact) mass is 717 g/mol. The van der Waals surface area contributed by atoms with Crippen LogP contribution in [0.2, 0.25) is 0 Å². The molecule has 0 amide bonds. The maximum Gasteiger partial charge on any atom is 0.337 e. The number of rotatable bonds is 9. The fourth-order valence-electron chi connectivity index (χ4n) is 6.78. The van der Waals surface area contributed by atoms with Crippen LogP contribution in [0.5, 0.6) is 0 Å². The van der Waals surface area contributed by atoms with E-state index in [1.807, 2.05) is 0 Å². The van der Waals surface area contributed by atoms with Gasteiger partial charge in [-0.25, -0.2) is 0 Å². The summed E-state index contributed by atoms with van der Waals surface area (Å²) < 4.78 is 7.63. The number of anilines is 3. The van der Waals surface area contributed by atoms with E-state index in [0.29, 0.717) is 35.5 Å².